The normalized spacial score (nSPS) is 15.9. The lowest BCUT2D eigenvalue weighted by molar-refractivity contribution is -0.146. The summed E-state index contributed by atoms with van der Waals surface area (Å²) in [6.45, 7) is 0.855. The molecule has 1 atom stereocenters. The van der Waals surface area contributed by atoms with Crippen molar-refractivity contribution >= 4 is 22.9 Å². The third-order valence-electron chi connectivity index (χ3n) is 5.27. The summed E-state index contributed by atoms with van der Waals surface area (Å²) in [4.78, 5) is 30.2. The number of ether oxygens (including phenoxy) is 1. The number of nitrogens with zero attached hydrogens (tertiary/aromatic N) is 1. The highest BCUT2D eigenvalue weighted by Gasteiger charge is 2.37. The molecule has 2 amide bonds. The van der Waals surface area contributed by atoms with E-state index < -0.39 is 12.0 Å². The van der Waals surface area contributed by atoms with Crippen molar-refractivity contribution in [3.63, 3.8) is 0 Å². The Labute approximate surface area is 163 Å². The van der Waals surface area contributed by atoms with Crippen LogP contribution >= 0.6 is 0 Å². The lowest BCUT2D eigenvalue weighted by Crippen LogP contribution is -2.52. The minimum Gasteiger partial charge on any atom is -0.467 e. The molecule has 3 aromatic rings. The molecule has 2 heterocycles. The molecular weight excluding hydrogens is 354 g/mol. The molecule has 28 heavy (non-hydrogen) atoms. The average molecular weight is 377 g/mol. The first kappa shape index (κ1) is 18.1. The van der Waals surface area contributed by atoms with Crippen LogP contribution in [0.4, 0.5) is 4.79 Å². The Hall–Kier alpha value is -3.28. The van der Waals surface area contributed by atoms with Crippen LogP contribution in [0.15, 0.2) is 54.6 Å². The average Bonchev–Trinajstić information content (AvgIpc) is 3.10. The number of benzene rings is 2. The van der Waals surface area contributed by atoms with Crippen molar-refractivity contribution in [1.82, 2.24) is 15.2 Å². The third kappa shape index (κ3) is 3.45. The molecular formula is C22H23N3O3. The Kier molecular flexibility index (Phi) is 5.02. The molecule has 6 nitrogen and oxygen atoms in total. The van der Waals surface area contributed by atoms with Crippen molar-refractivity contribution in [2.75, 3.05) is 13.7 Å². The Morgan fingerprint density at radius 1 is 1.14 bits per heavy atom. The first-order valence-electron chi connectivity index (χ1n) is 9.42. The highest BCUT2D eigenvalue weighted by molar-refractivity contribution is 5.89. The number of rotatable bonds is 4. The van der Waals surface area contributed by atoms with Crippen LogP contribution in [0, 0.1) is 0 Å². The maximum absolute atomic E-state index is 12.8. The van der Waals surface area contributed by atoms with E-state index in [0.717, 1.165) is 34.1 Å². The number of amides is 2. The van der Waals surface area contributed by atoms with Crippen LogP contribution in [-0.4, -0.2) is 41.6 Å². The topological polar surface area (TPSA) is 74.4 Å². The molecule has 0 bridgehead atoms. The number of hydrogen-bond donors (Lipinski definition) is 2. The van der Waals surface area contributed by atoms with Gasteiger partial charge < -0.3 is 19.9 Å². The maximum atomic E-state index is 12.8. The van der Waals surface area contributed by atoms with Gasteiger partial charge in [0.1, 0.15) is 6.04 Å². The van der Waals surface area contributed by atoms with Crippen LogP contribution < -0.4 is 5.32 Å². The quantitative estimate of drug-likeness (QED) is 0.687. The number of esters is 1. The van der Waals surface area contributed by atoms with E-state index >= 15 is 0 Å². The van der Waals surface area contributed by atoms with Gasteiger partial charge in [-0.1, -0.05) is 48.5 Å². The van der Waals surface area contributed by atoms with Crippen molar-refractivity contribution in [2.45, 2.75) is 25.4 Å². The molecule has 2 aromatic carbocycles. The van der Waals surface area contributed by atoms with Gasteiger partial charge in [0.2, 0.25) is 0 Å². The van der Waals surface area contributed by atoms with Crippen LogP contribution in [0.25, 0.3) is 10.9 Å². The van der Waals surface area contributed by atoms with Crippen LogP contribution in [-0.2, 0) is 28.9 Å². The van der Waals surface area contributed by atoms with Gasteiger partial charge in [0.25, 0.3) is 0 Å². The molecule has 1 aromatic heterocycles. The van der Waals surface area contributed by atoms with E-state index in [1.54, 1.807) is 4.90 Å². The molecule has 6 heteroatoms. The molecule has 0 saturated carbocycles. The molecule has 144 valence electrons. The lowest BCUT2D eigenvalue weighted by atomic mass is 9.97. The Balaban J connectivity index is 1.52. The lowest BCUT2D eigenvalue weighted by Gasteiger charge is -2.33. The van der Waals surface area contributed by atoms with Gasteiger partial charge in [0, 0.05) is 29.6 Å². The standard InChI is InChI=1S/C22H23N3O3/c1-28-21(26)20-13-17-16-9-5-6-10-18(16)24-19(17)14-25(20)22(27)23-12-11-15-7-3-2-4-8-15/h2-10,20,24H,11-14H2,1H3,(H,23,27)/t20-/m1/s1. The minimum absolute atomic E-state index is 0.254. The van der Waals surface area contributed by atoms with E-state index in [-0.39, 0.29) is 6.03 Å². The fourth-order valence-electron chi connectivity index (χ4n) is 3.83. The van der Waals surface area contributed by atoms with E-state index in [0.29, 0.717) is 19.5 Å². The molecule has 0 saturated heterocycles. The summed E-state index contributed by atoms with van der Waals surface area (Å²) < 4.78 is 4.98. The largest absolute Gasteiger partial charge is 0.467 e. The van der Waals surface area contributed by atoms with Crippen LogP contribution in [0.1, 0.15) is 16.8 Å². The van der Waals surface area contributed by atoms with Gasteiger partial charge in [0.05, 0.1) is 13.7 Å². The van der Waals surface area contributed by atoms with E-state index in [2.05, 4.69) is 10.3 Å². The van der Waals surface area contributed by atoms with Crippen molar-refractivity contribution in [3.05, 3.63) is 71.4 Å². The molecule has 1 aliphatic rings. The number of aromatic nitrogens is 1. The molecule has 1 aliphatic heterocycles. The molecule has 0 spiro atoms. The predicted octanol–water partition coefficient (Wildman–Crippen LogP) is 3.02. The van der Waals surface area contributed by atoms with Gasteiger partial charge in [-0.2, -0.15) is 0 Å². The second kappa shape index (κ2) is 7.76. The summed E-state index contributed by atoms with van der Waals surface area (Å²) in [5.41, 5.74) is 4.23. The number of H-pyrrole nitrogens is 1. The highest BCUT2D eigenvalue weighted by Crippen LogP contribution is 2.30. The first-order chi connectivity index (χ1) is 13.7. The molecule has 2 N–H and O–H groups in total. The number of carbonyl (C=O) groups is 2. The van der Waals surface area contributed by atoms with Gasteiger partial charge in [0.15, 0.2) is 0 Å². The SMILES string of the molecule is COC(=O)[C@H]1Cc2c([nH]c3ccccc23)CN1C(=O)NCCc1ccccc1. The van der Waals surface area contributed by atoms with Crippen LogP contribution in [0.5, 0.6) is 0 Å². The number of hydrogen-bond acceptors (Lipinski definition) is 3. The summed E-state index contributed by atoms with van der Waals surface area (Å²) in [5, 5.41) is 4.03. The highest BCUT2D eigenvalue weighted by atomic mass is 16.5. The molecule has 0 aliphatic carbocycles. The van der Waals surface area contributed by atoms with Gasteiger partial charge in [-0.15, -0.1) is 0 Å². The van der Waals surface area contributed by atoms with Crippen LogP contribution in [0.3, 0.4) is 0 Å². The third-order valence-corrected chi connectivity index (χ3v) is 5.27. The van der Waals surface area contributed by atoms with E-state index in [1.165, 1.54) is 7.11 Å². The van der Waals surface area contributed by atoms with Gasteiger partial charge in [-0.05, 0) is 23.6 Å². The fourth-order valence-corrected chi connectivity index (χ4v) is 3.83. The number of nitrogens with one attached hydrogen (secondary N) is 2. The van der Waals surface area contributed by atoms with E-state index in [1.807, 2.05) is 54.6 Å². The molecule has 4 rings (SSSR count). The van der Waals surface area contributed by atoms with Crippen molar-refractivity contribution in [2.24, 2.45) is 0 Å². The zero-order valence-electron chi connectivity index (χ0n) is 15.8. The smallest absolute Gasteiger partial charge is 0.329 e. The summed E-state index contributed by atoms with van der Waals surface area (Å²) in [7, 11) is 1.36. The van der Waals surface area contributed by atoms with Gasteiger partial charge >= 0.3 is 12.0 Å². The van der Waals surface area contributed by atoms with Crippen molar-refractivity contribution in [3.8, 4) is 0 Å². The number of methoxy groups -OCH3 is 1. The zero-order valence-corrected chi connectivity index (χ0v) is 15.8. The Morgan fingerprint density at radius 2 is 1.89 bits per heavy atom. The second-order valence-corrected chi connectivity index (χ2v) is 6.97. The fraction of sp³-hybridized carbons (Fsp3) is 0.273. The molecule has 0 unspecified atom stereocenters. The number of para-hydroxylation sites is 1. The zero-order chi connectivity index (χ0) is 19.5. The summed E-state index contributed by atoms with van der Waals surface area (Å²) in [6, 6.07) is 17.1. The monoisotopic (exact) mass is 377 g/mol. The number of aromatic amines is 1. The summed E-state index contributed by atoms with van der Waals surface area (Å²) in [6.07, 6.45) is 1.18. The number of urea groups is 1. The van der Waals surface area contributed by atoms with E-state index in [9.17, 15) is 9.59 Å². The summed E-state index contributed by atoms with van der Waals surface area (Å²) in [5.74, 6) is -0.394. The number of fused-ring (bicyclic) bond motifs is 3. The Bertz CT molecular complexity index is 997. The predicted molar refractivity (Wildman–Crippen MR) is 107 cm³/mol. The van der Waals surface area contributed by atoms with Crippen molar-refractivity contribution in [1.29, 1.82) is 0 Å². The van der Waals surface area contributed by atoms with Crippen LogP contribution in [0.2, 0.25) is 0 Å². The second-order valence-electron chi connectivity index (χ2n) is 6.97. The number of carbonyl (C=O) groups excluding carboxylic acids is 2. The maximum Gasteiger partial charge on any atom is 0.329 e. The molecule has 0 fully saturated rings. The van der Waals surface area contributed by atoms with Crippen molar-refractivity contribution < 1.29 is 14.3 Å². The summed E-state index contributed by atoms with van der Waals surface area (Å²) >= 11 is 0. The Morgan fingerprint density at radius 3 is 2.68 bits per heavy atom. The molecule has 0 radical (unpaired) electrons. The first-order valence-corrected chi connectivity index (χ1v) is 9.42. The van der Waals surface area contributed by atoms with Gasteiger partial charge in [-0.3, -0.25) is 0 Å². The van der Waals surface area contributed by atoms with Gasteiger partial charge in [-0.25, -0.2) is 9.59 Å². The minimum atomic E-state index is -0.631. The van der Waals surface area contributed by atoms with E-state index in [4.69, 9.17) is 4.74 Å².